The monoisotopic (exact) mass is 260 g/mol. The van der Waals surface area contributed by atoms with Gasteiger partial charge in [-0.3, -0.25) is 5.41 Å². The summed E-state index contributed by atoms with van der Waals surface area (Å²) in [7, 11) is 0. The summed E-state index contributed by atoms with van der Waals surface area (Å²) in [6, 6.07) is 7.88. The van der Waals surface area contributed by atoms with E-state index < -0.39 is 0 Å². The zero-order valence-corrected chi connectivity index (χ0v) is 11.3. The standard InChI is InChI=1S/C14H16N2OS/c1-9-7-11(14(15)16)3-4-12(9)8-18-13-5-6-17-10(13)2/h3-7H,8H2,1-2H3,(H3,15,16). The summed E-state index contributed by atoms with van der Waals surface area (Å²) in [5, 5.41) is 7.41. The van der Waals surface area contributed by atoms with Crippen LogP contribution in [0.3, 0.4) is 0 Å². The first kappa shape index (κ1) is 12.8. The highest BCUT2D eigenvalue weighted by molar-refractivity contribution is 7.98. The van der Waals surface area contributed by atoms with Crippen LogP contribution in [0.25, 0.3) is 0 Å². The van der Waals surface area contributed by atoms with Crippen molar-refractivity contribution < 1.29 is 4.42 Å². The van der Waals surface area contributed by atoms with Crippen molar-refractivity contribution in [2.75, 3.05) is 0 Å². The van der Waals surface area contributed by atoms with Crippen LogP contribution in [0.5, 0.6) is 0 Å². The molecule has 0 bridgehead atoms. The third kappa shape index (κ3) is 2.76. The van der Waals surface area contributed by atoms with Gasteiger partial charge in [-0.1, -0.05) is 12.1 Å². The largest absolute Gasteiger partial charge is 0.468 e. The van der Waals surface area contributed by atoms with E-state index in [0.29, 0.717) is 0 Å². The number of aryl methyl sites for hydroxylation is 2. The van der Waals surface area contributed by atoms with Gasteiger partial charge in [0.25, 0.3) is 0 Å². The Morgan fingerprint density at radius 2 is 2.11 bits per heavy atom. The summed E-state index contributed by atoms with van der Waals surface area (Å²) < 4.78 is 5.27. The second kappa shape index (κ2) is 5.31. The molecule has 4 heteroatoms. The van der Waals surface area contributed by atoms with Crippen LogP contribution in [0.1, 0.15) is 22.5 Å². The first-order chi connectivity index (χ1) is 8.58. The average Bonchev–Trinajstić information content (AvgIpc) is 2.73. The summed E-state index contributed by atoms with van der Waals surface area (Å²) in [5.74, 6) is 1.96. The van der Waals surface area contributed by atoms with Gasteiger partial charge in [0.05, 0.1) is 6.26 Å². The van der Waals surface area contributed by atoms with E-state index in [-0.39, 0.29) is 5.84 Å². The molecule has 0 saturated carbocycles. The quantitative estimate of drug-likeness (QED) is 0.502. The topological polar surface area (TPSA) is 63.0 Å². The normalized spacial score (nSPS) is 10.6. The van der Waals surface area contributed by atoms with E-state index >= 15 is 0 Å². The molecule has 1 aromatic carbocycles. The lowest BCUT2D eigenvalue weighted by Gasteiger charge is -2.07. The molecule has 3 nitrogen and oxygen atoms in total. The number of thioether (sulfide) groups is 1. The van der Waals surface area contributed by atoms with Crippen molar-refractivity contribution in [3.8, 4) is 0 Å². The fourth-order valence-corrected chi connectivity index (χ4v) is 2.74. The number of amidine groups is 1. The fraction of sp³-hybridized carbons (Fsp3) is 0.214. The van der Waals surface area contributed by atoms with Crippen LogP contribution < -0.4 is 5.73 Å². The van der Waals surface area contributed by atoms with Crippen molar-refractivity contribution in [1.82, 2.24) is 0 Å². The molecule has 0 unspecified atom stereocenters. The van der Waals surface area contributed by atoms with Gasteiger partial charge < -0.3 is 10.2 Å². The van der Waals surface area contributed by atoms with Gasteiger partial charge >= 0.3 is 0 Å². The molecule has 0 amide bonds. The van der Waals surface area contributed by atoms with E-state index in [1.807, 2.05) is 38.1 Å². The minimum atomic E-state index is 0.114. The molecule has 0 saturated heterocycles. The first-order valence-corrected chi connectivity index (χ1v) is 6.67. The molecular weight excluding hydrogens is 244 g/mol. The molecule has 18 heavy (non-hydrogen) atoms. The Balaban J connectivity index is 2.11. The summed E-state index contributed by atoms with van der Waals surface area (Å²) in [5.41, 5.74) is 8.67. The van der Waals surface area contributed by atoms with Gasteiger partial charge in [0.2, 0.25) is 0 Å². The van der Waals surface area contributed by atoms with Crippen LogP contribution >= 0.6 is 11.8 Å². The zero-order chi connectivity index (χ0) is 13.1. The highest BCUT2D eigenvalue weighted by atomic mass is 32.2. The Morgan fingerprint density at radius 1 is 1.33 bits per heavy atom. The number of furan rings is 1. The number of benzene rings is 1. The Morgan fingerprint density at radius 3 is 2.67 bits per heavy atom. The predicted molar refractivity (Wildman–Crippen MR) is 75.2 cm³/mol. The lowest BCUT2D eigenvalue weighted by atomic mass is 10.1. The number of hydrogen-bond acceptors (Lipinski definition) is 3. The van der Waals surface area contributed by atoms with Gasteiger partial charge in [0.15, 0.2) is 0 Å². The highest BCUT2D eigenvalue weighted by Gasteiger charge is 2.05. The van der Waals surface area contributed by atoms with E-state index in [1.54, 1.807) is 18.0 Å². The molecule has 0 aliphatic rings. The molecule has 0 radical (unpaired) electrons. The Hall–Kier alpha value is -1.68. The zero-order valence-electron chi connectivity index (χ0n) is 10.5. The maximum Gasteiger partial charge on any atom is 0.122 e. The molecule has 0 fully saturated rings. The lowest BCUT2D eigenvalue weighted by Crippen LogP contribution is -2.11. The molecule has 0 atom stereocenters. The van der Waals surface area contributed by atoms with Crippen LogP contribution in [0.15, 0.2) is 39.8 Å². The van der Waals surface area contributed by atoms with Gasteiger partial charge in [0, 0.05) is 16.2 Å². The number of nitrogens with one attached hydrogen (secondary N) is 1. The third-order valence-electron chi connectivity index (χ3n) is 2.85. The second-order valence-electron chi connectivity index (χ2n) is 4.18. The van der Waals surface area contributed by atoms with Gasteiger partial charge in [-0.25, -0.2) is 0 Å². The fourth-order valence-electron chi connectivity index (χ4n) is 1.70. The number of nitrogens with two attached hydrogens (primary N) is 1. The Kier molecular flexibility index (Phi) is 3.77. The van der Waals surface area contributed by atoms with Gasteiger partial charge in [0.1, 0.15) is 11.6 Å². The van der Waals surface area contributed by atoms with E-state index in [9.17, 15) is 0 Å². The van der Waals surface area contributed by atoms with E-state index in [4.69, 9.17) is 15.6 Å². The van der Waals surface area contributed by atoms with Crippen molar-refractivity contribution in [1.29, 1.82) is 5.41 Å². The molecular formula is C14H16N2OS. The lowest BCUT2D eigenvalue weighted by molar-refractivity contribution is 0.527. The van der Waals surface area contributed by atoms with Crippen molar-refractivity contribution in [2.24, 2.45) is 5.73 Å². The molecule has 2 aromatic rings. The van der Waals surface area contributed by atoms with E-state index in [0.717, 1.165) is 22.6 Å². The summed E-state index contributed by atoms with van der Waals surface area (Å²) in [6.45, 7) is 4.01. The van der Waals surface area contributed by atoms with Gasteiger partial charge in [-0.05, 0) is 37.1 Å². The minimum absolute atomic E-state index is 0.114. The van der Waals surface area contributed by atoms with Crippen LogP contribution in [0.4, 0.5) is 0 Å². The van der Waals surface area contributed by atoms with Crippen molar-refractivity contribution in [2.45, 2.75) is 24.5 Å². The van der Waals surface area contributed by atoms with E-state index in [1.165, 1.54) is 10.5 Å². The molecule has 94 valence electrons. The maximum atomic E-state index is 7.41. The van der Waals surface area contributed by atoms with Crippen molar-refractivity contribution in [3.05, 3.63) is 53.0 Å². The second-order valence-corrected chi connectivity index (χ2v) is 5.20. The first-order valence-electron chi connectivity index (χ1n) is 5.68. The smallest absolute Gasteiger partial charge is 0.122 e. The number of rotatable bonds is 4. The van der Waals surface area contributed by atoms with Crippen molar-refractivity contribution in [3.63, 3.8) is 0 Å². The molecule has 1 aromatic heterocycles. The SMILES string of the molecule is Cc1cc(C(=N)N)ccc1CSc1ccoc1C. The van der Waals surface area contributed by atoms with Crippen molar-refractivity contribution >= 4 is 17.6 Å². The number of nitrogen functional groups attached to an aromatic ring is 1. The summed E-state index contributed by atoms with van der Waals surface area (Å²) in [6.07, 6.45) is 1.71. The minimum Gasteiger partial charge on any atom is -0.468 e. The van der Waals surface area contributed by atoms with Crippen LogP contribution in [-0.2, 0) is 5.75 Å². The Labute approximate surface area is 111 Å². The average molecular weight is 260 g/mol. The molecule has 0 spiro atoms. The third-order valence-corrected chi connectivity index (χ3v) is 4.04. The molecule has 0 aliphatic carbocycles. The predicted octanol–water partition coefficient (Wildman–Crippen LogP) is 3.47. The highest BCUT2D eigenvalue weighted by Crippen LogP contribution is 2.27. The Bertz CT molecular complexity index is 575. The van der Waals surface area contributed by atoms with Gasteiger partial charge in [-0.2, -0.15) is 0 Å². The molecule has 0 aliphatic heterocycles. The van der Waals surface area contributed by atoms with E-state index in [2.05, 4.69) is 0 Å². The summed E-state index contributed by atoms with van der Waals surface area (Å²) >= 11 is 1.76. The van der Waals surface area contributed by atoms with Crippen LogP contribution in [0.2, 0.25) is 0 Å². The van der Waals surface area contributed by atoms with Gasteiger partial charge in [-0.15, -0.1) is 11.8 Å². The number of hydrogen-bond donors (Lipinski definition) is 2. The van der Waals surface area contributed by atoms with Crippen LogP contribution in [-0.4, -0.2) is 5.84 Å². The molecule has 3 N–H and O–H groups in total. The molecule has 2 rings (SSSR count). The maximum absolute atomic E-state index is 7.41. The molecule has 1 heterocycles. The van der Waals surface area contributed by atoms with Crippen LogP contribution in [0, 0.1) is 19.3 Å². The summed E-state index contributed by atoms with van der Waals surface area (Å²) in [4.78, 5) is 1.17.